The van der Waals surface area contributed by atoms with E-state index < -0.39 is 0 Å². The molecule has 0 radical (unpaired) electrons. The van der Waals surface area contributed by atoms with Crippen LogP contribution in [0.25, 0.3) is 10.2 Å². The number of carbonyl (C=O) groups is 1. The average Bonchev–Trinajstić information content (AvgIpc) is 2.92. The summed E-state index contributed by atoms with van der Waals surface area (Å²) in [5, 5.41) is 3.46. The largest absolute Gasteiger partial charge is 0.321 e. The minimum Gasteiger partial charge on any atom is -0.321 e. The van der Waals surface area contributed by atoms with Crippen LogP contribution in [-0.2, 0) is 13.0 Å². The maximum Gasteiger partial charge on any atom is 0.266 e. The summed E-state index contributed by atoms with van der Waals surface area (Å²) in [5.74, 6) is 0.386. The molecule has 0 bridgehead atoms. The number of aromatic nitrogens is 2. The van der Waals surface area contributed by atoms with Crippen LogP contribution in [0.1, 0.15) is 33.5 Å². The second-order valence-electron chi connectivity index (χ2n) is 6.45. The van der Waals surface area contributed by atoms with Crippen molar-refractivity contribution in [2.75, 3.05) is 19.4 Å². The Labute approximate surface area is 155 Å². The van der Waals surface area contributed by atoms with E-state index in [2.05, 4.69) is 15.3 Å². The van der Waals surface area contributed by atoms with Crippen molar-refractivity contribution >= 4 is 33.1 Å². The molecule has 0 spiro atoms. The van der Waals surface area contributed by atoms with Gasteiger partial charge in [0.15, 0.2) is 0 Å². The van der Waals surface area contributed by atoms with Crippen molar-refractivity contribution in [2.24, 2.45) is 0 Å². The van der Waals surface area contributed by atoms with Crippen LogP contribution in [0.3, 0.4) is 0 Å². The number of thiophene rings is 1. The number of para-hydroxylation sites is 1. The molecule has 3 aromatic rings. The predicted octanol–water partition coefficient (Wildman–Crippen LogP) is 3.17. The maximum absolute atomic E-state index is 12.8. The molecule has 3 rings (SSSR count). The van der Waals surface area contributed by atoms with Gasteiger partial charge in [-0.2, -0.15) is 0 Å². The number of H-pyrrole nitrogens is 1. The first-order chi connectivity index (χ1) is 12.4. The summed E-state index contributed by atoms with van der Waals surface area (Å²) in [5.41, 5.74) is 2.34. The molecule has 7 heteroatoms. The van der Waals surface area contributed by atoms with Gasteiger partial charge in [-0.15, -0.1) is 11.3 Å². The SMILES string of the molecule is CCc1ccccc1NC(=O)c1sc2nc(CN(C)C)[nH]c(=O)c2c1C. The van der Waals surface area contributed by atoms with Crippen molar-refractivity contribution in [2.45, 2.75) is 26.8 Å². The first-order valence-corrected chi connectivity index (χ1v) is 9.28. The molecule has 0 aliphatic carbocycles. The molecule has 0 fully saturated rings. The van der Waals surface area contributed by atoms with Crippen molar-refractivity contribution in [3.8, 4) is 0 Å². The highest BCUT2D eigenvalue weighted by Gasteiger charge is 2.20. The molecule has 2 heterocycles. The molecule has 136 valence electrons. The maximum atomic E-state index is 12.8. The summed E-state index contributed by atoms with van der Waals surface area (Å²) in [6.07, 6.45) is 0.830. The summed E-state index contributed by atoms with van der Waals surface area (Å²) < 4.78 is 0. The fourth-order valence-corrected chi connectivity index (χ4v) is 4.01. The van der Waals surface area contributed by atoms with E-state index in [4.69, 9.17) is 0 Å². The van der Waals surface area contributed by atoms with Gasteiger partial charge >= 0.3 is 0 Å². The van der Waals surface area contributed by atoms with E-state index in [1.165, 1.54) is 11.3 Å². The lowest BCUT2D eigenvalue weighted by Gasteiger charge is -2.09. The van der Waals surface area contributed by atoms with Crippen LogP contribution in [0, 0.1) is 6.92 Å². The highest BCUT2D eigenvalue weighted by molar-refractivity contribution is 7.20. The van der Waals surface area contributed by atoms with Gasteiger partial charge in [0.05, 0.1) is 16.8 Å². The molecular formula is C19H22N4O2S. The number of aryl methyl sites for hydroxylation is 2. The summed E-state index contributed by atoms with van der Waals surface area (Å²) in [6.45, 7) is 4.38. The number of carbonyl (C=O) groups excluding carboxylic acids is 1. The molecule has 26 heavy (non-hydrogen) atoms. The molecule has 6 nitrogen and oxygen atoms in total. The molecular weight excluding hydrogens is 348 g/mol. The topological polar surface area (TPSA) is 78.1 Å². The van der Waals surface area contributed by atoms with E-state index >= 15 is 0 Å². The van der Waals surface area contributed by atoms with E-state index in [9.17, 15) is 9.59 Å². The predicted molar refractivity (Wildman–Crippen MR) is 106 cm³/mol. The standard InChI is InChI=1S/C19H22N4O2S/c1-5-12-8-6-7-9-13(12)20-18(25)16-11(2)15-17(24)21-14(10-23(3)4)22-19(15)26-16/h6-9H,5,10H2,1-4H3,(H,20,25)(H,21,22,24). The number of nitrogens with zero attached hydrogens (tertiary/aromatic N) is 2. The second kappa shape index (κ2) is 7.39. The van der Waals surface area contributed by atoms with Crippen LogP contribution in [0.2, 0.25) is 0 Å². The number of hydrogen-bond donors (Lipinski definition) is 2. The van der Waals surface area contributed by atoms with E-state index in [0.717, 1.165) is 17.7 Å². The number of nitrogens with one attached hydrogen (secondary N) is 2. The molecule has 0 unspecified atom stereocenters. The fourth-order valence-electron chi connectivity index (χ4n) is 2.91. The minimum atomic E-state index is -0.208. The lowest BCUT2D eigenvalue weighted by atomic mass is 10.1. The molecule has 0 atom stereocenters. The molecule has 2 aromatic heterocycles. The van der Waals surface area contributed by atoms with Gasteiger partial charge in [0, 0.05) is 5.69 Å². The third-order valence-corrected chi connectivity index (χ3v) is 5.35. The molecule has 0 saturated heterocycles. The summed E-state index contributed by atoms with van der Waals surface area (Å²) in [7, 11) is 3.82. The highest BCUT2D eigenvalue weighted by Crippen LogP contribution is 2.28. The van der Waals surface area contributed by atoms with Crippen molar-refractivity contribution in [3.63, 3.8) is 0 Å². The molecule has 0 aliphatic rings. The Morgan fingerprint density at radius 1 is 1.31 bits per heavy atom. The minimum absolute atomic E-state index is 0.200. The smallest absolute Gasteiger partial charge is 0.266 e. The zero-order chi connectivity index (χ0) is 18.8. The van der Waals surface area contributed by atoms with Crippen LogP contribution >= 0.6 is 11.3 Å². The van der Waals surface area contributed by atoms with Crippen molar-refractivity contribution in [1.82, 2.24) is 14.9 Å². The average molecular weight is 370 g/mol. The van der Waals surface area contributed by atoms with Gasteiger partial charge in [0.25, 0.3) is 11.5 Å². The van der Waals surface area contributed by atoms with Crippen LogP contribution in [-0.4, -0.2) is 34.9 Å². The third-order valence-electron chi connectivity index (χ3n) is 4.17. The quantitative estimate of drug-likeness (QED) is 0.723. The van der Waals surface area contributed by atoms with E-state index in [1.54, 1.807) is 6.92 Å². The Balaban J connectivity index is 1.99. The van der Waals surface area contributed by atoms with E-state index in [0.29, 0.717) is 33.0 Å². The Kier molecular flexibility index (Phi) is 5.20. The zero-order valence-corrected chi connectivity index (χ0v) is 16.2. The summed E-state index contributed by atoms with van der Waals surface area (Å²) in [4.78, 5) is 35.6. The summed E-state index contributed by atoms with van der Waals surface area (Å²) in [6, 6.07) is 7.73. The van der Waals surface area contributed by atoms with Gasteiger partial charge in [0.1, 0.15) is 10.7 Å². The molecule has 1 aromatic carbocycles. The lowest BCUT2D eigenvalue weighted by molar-refractivity contribution is 0.103. The van der Waals surface area contributed by atoms with Crippen LogP contribution in [0.5, 0.6) is 0 Å². The highest BCUT2D eigenvalue weighted by atomic mass is 32.1. The molecule has 0 saturated carbocycles. The second-order valence-corrected chi connectivity index (χ2v) is 7.45. The van der Waals surface area contributed by atoms with Crippen molar-refractivity contribution in [1.29, 1.82) is 0 Å². The van der Waals surface area contributed by atoms with Gasteiger partial charge in [-0.05, 0) is 44.6 Å². The zero-order valence-electron chi connectivity index (χ0n) is 15.3. The van der Waals surface area contributed by atoms with Crippen LogP contribution in [0.4, 0.5) is 5.69 Å². The molecule has 0 aliphatic heterocycles. The van der Waals surface area contributed by atoms with E-state index in [1.807, 2.05) is 50.2 Å². The Morgan fingerprint density at radius 2 is 2.04 bits per heavy atom. The number of aromatic amines is 1. The summed E-state index contributed by atoms with van der Waals surface area (Å²) >= 11 is 1.26. The van der Waals surface area contributed by atoms with Gasteiger partial charge in [-0.25, -0.2) is 4.98 Å². The Morgan fingerprint density at radius 3 is 2.73 bits per heavy atom. The van der Waals surface area contributed by atoms with E-state index in [-0.39, 0.29) is 11.5 Å². The number of amides is 1. The molecule has 2 N–H and O–H groups in total. The first-order valence-electron chi connectivity index (χ1n) is 8.47. The van der Waals surface area contributed by atoms with Crippen LogP contribution < -0.4 is 10.9 Å². The number of benzene rings is 1. The number of fused-ring (bicyclic) bond motifs is 1. The number of rotatable bonds is 5. The van der Waals surface area contributed by atoms with Gasteiger partial charge in [0.2, 0.25) is 0 Å². The van der Waals surface area contributed by atoms with Crippen LogP contribution in [0.15, 0.2) is 29.1 Å². The van der Waals surface area contributed by atoms with Gasteiger partial charge in [-0.3, -0.25) is 9.59 Å². The fraction of sp³-hybridized carbons (Fsp3) is 0.316. The number of anilines is 1. The third kappa shape index (κ3) is 3.54. The van der Waals surface area contributed by atoms with Gasteiger partial charge in [-0.1, -0.05) is 25.1 Å². The lowest BCUT2D eigenvalue weighted by Crippen LogP contribution is -2.18. The van der Waals surface area contributed by atoms with Gasteiger partial charge < -0.3 is 15.2 Å². The molecule has 1 amide bonds. The van der Waals surface area contributed by atoms with Crippen molar-refractivity contribution < 1.29 is 4.79 Å². The number of hydrogen-bond acceptors (Lipinski definition) is 5. The monoisotopic (exact) mass is 370 g/mol. The normalized spacial score (nSPS) is 11.3. The Bertz CT molecular complexity index is 1020. The first kappa shape index (κ1) is 18.3. The van der Waals surface area contributed by atoms with Crippen molar-refractivity contribution in [3.05, 3.63) is 56.4 Å². The Hall–Kier alpha value is -2.51.